The maximum absolute atomic E-state index is 12.6. The molecule has 4 rings (SSSR count). The number of likely N-dealkylation sites (tertiary alicyclic amines) is 1. The molecule has 29 heavy (non-hydrogen) atoms. The van der Waals surface area contributed by atoms with E-state index < -0.39 is 0 Å². The monoisotopic (exact) mass is 397 g/mol. The minimum absolute atomic E-state index is 0.00138. The Labute approximate surface area is 170 Å². The van der Waals surface area contributed by atoms with Crippen LogP contribution in [0.5, 0.6) is 5.75 Å². The van der Waals surface area contributed by atoms with Gasteiger partial charge in [-0.3, -0.25) is 9.59 Å². The Morgan fingerprint density at radius 1 is 1.17 bits per heavy atom. The van der Waals surface area contributed by atoms with Crippen LogP contribution < -0.4 is 4.74 Å². The fourth-order valence-corrected chi connectivity index (χ4v) is 4.18. The van der Waals surface area contributed by atoms with Crippen LogP contribution in [0.2, 0.25) is 0 Å². The lowest BCUT2D eigenvalue weighted by Gasteiger charge is -2.30. The summed E-state index contributed by atoms with van der Waals surface area (Å²) in [5, 5.41) is 8.69. The molecule has 0 spiro atoms. The Morgan fingerprint density at radius 3 is 2.79 bits per heavy atom. The highest BCUT2D eigenvalue weighted by Crippen LogP contribution is 2.32. The molecule has 8 nitrogen and oxygen atoms in total. The predicted octanol–water partition coefficient (Wildman–Crippen LogP) is 2.08. The lowest BCUT2D eigenvalue weighted by molar-refractivity contribution is -0.133. The van der Waals surface area contributed by atoms with Crippen LogP contribution in [0.15, 0.2) is 24.3 Å². The van der Waals surface area contributed by atoms with E-state index in [0.29, 0.717) is 32.7 Å². The normalized spacial score (nSPS) is 18.6. The van der Waals surface area contributed by atoms with Crippen molar-refractivity contribution in [2.24, 2.45) is 0 Å². The van der Waals surface area contributed by atoms with Gasteiger partial charge < -0.3 is 19.1 Å². The van der Waals surface area contributed by atoms with Crippen molar-refractivity contribution in [3.63, 3.8) is 0 Å². The van der Waals surface area contributed by atoms with E-state index in [4.69, 9.17) is 4.74 Å². The van der Waals surface area contributed by atoms with Crippen molar-refractivity contribution >= 4 is 11.8 Å². The van der Waals surface area contributed by atoms with Crippen molar-refractivity contribution in [1.29, 1.82) is 0 Å². The fraction of sp³-hybridized carbons (Fsp3) is 0.524. The van der Waals surface area contributed by atoms with Gasteiger partial charge in [0.05, 0.1) is 25.6 Å². The molecule has 2 aliphatic heterocycles. The molecule has 1 atom stereocenters. The molecule has 1 aromatic carbocycles. The Bertz CT molecular complexity index is 909. The van der Waals surface area contributed by atoms with Gasteiger partial charge in [0.15, 0.2) is 11.6 Å². The maximum Gasteiger partial charge on any atom is 0.226 e. The number of ether oxygens (including phenoxy) is 1. The topological polar surface area (TPSA) is 80.6 Å². The number of carbonyl (C=O) groups excluding carboxylic acids is 2. The van der Waals surface area contributed by atoms with Crippen molar-refractivity contribution in [1.82, 2.24) is 24.6 Å². The molecule has 0 aliphatic carbocycles. The molecule has 1 aromatic heterocycles. The Balaban J connectivity index is 1.35. The zero-order valence-corrected chi connectivity index (χ0v) is 17.0. The lowest BCUT2D eigenvalue weighted by atomic mass is 10.2. The van der Waals surface area contributed by atoms with Gasteiger partial charge >= 0.3 is 0 Å². The smallest absolute Gasteiger partial charge is 0.226 e. The standard InChI is InChI=1S/C21H27N5O3/c1-15-6-3-4-8-18(15)29-13-9-20(28)24-11-12-26-19(14-24)22-23-21(26)17-7-5-10-25(17)16(2)27/h3-4,6,8,17H,5,7,9-14H2,1-2H3. The highest BCUT2D eigenvalue weighted by Gasteiger charge is 2.34. The molecule has 2 aliphatic rings. The Kier molecular flexibility index (Phi) is 5.51. The molecular formula is C21H27N5O3. The fourth-order valence-electron chi connectivity index (χ4n) is 4.18. The number of para-hydroxylation sites is 1. The number of fused-ring (bicyclic) bond motifs is 1. The van der Waals surface area contributed by atoms with Gasteiger partial charge in [-0.05, 0) is 31.4 Å². The molecular weight excluding hydrogens is 370 g/mol. The van der Waals surface area contributed by atoms with Gasteiger partial charge in [0.25, 0.3) is 0 Å². The third-order valence-corrected chi connectivity index (χ3v) is 5.76. The quantitative estimate of drug-likeness (QED) is 0.772. The van der Waals surface area contributed by atoms with Crippen molar-refractivity contribution in [3.05, 3.63) is 41.5 Å². The highest BCUT2D eigenvalue weighted by atomic mass is 16.5. The number of benzene rings is 1. The summed E-state index contributed by atoms with van der Waals surface area (Å²) in [5.74, 6) is 2.58. The Hall–Kier alpha value is -2.90. The highest BCUT2D eigenvalue weighted by molar-refractivity contribution is 5.76. The molecule has 1 fully saturated rings. The first-order valence-corrected chi connectivity index (χ1v) is 10.2. The van der Waals surface area contributed by atoms with E-state index in [1.54, 1.807) is 6.92 Å². The minimum atomic E-state index is -0.00138. The van der Waals surface area contributed by atoms with Crippen LogP contribution in [0.4, 0.5) is 0 Å². The summed E-state index contributed by atoms with van der Waals surface area (Å²) >= 11 is 0. The average Bonchev–Trinajstić information content (AvgIpc) is 3.35. The zero-order chi connectivity index (χ0) is 20.4. The molecule has 0 radical (unpaired) electrons. The second kappa shape index (κ2) is 8.23. The lowest BCUT2D eigenvalue weighted by Crippen LogP contribution is -2.40. The molecule has 0 saturated carbocycles. The number of amides is 2. The van der Waals surface area contributed by atoms with E-state index >= 15 is 0 Å². The molecule has 3 heterocycles. The molecule has 2 amide bonds. The number of hydrogen-bond acceptors (Lipinski definition) is 5. The van der Waals surface area contributed by atoms with Gasteiger partial charge in [0, 0.05) is 26.6 Å². The van der Waals surface area contributed by atoms with Crippen LogP contribution in [0, 0.1) is 6.92 Å². The SMILES string of the molecule is CC(=O)N1CCCC1c1nnc2n1CCN(C(=O)CCOc1ccccc1C)C2. The van der Waals surface area contributed by atoms with E-state index in [2.05, 4.69) is 14.8 Å². The summed E-state index contributed by atoms with van der Waals surface area (Å²) in [6.07, 6.45) is 2.23. The van der Waals surface area contributed by atoms with Gasteiger partial charge in [-0.1, -0.05) is 18.2 Å². The summed E-state index contributed by atoms with van der Waals surface area (Å²) < 4.78 is 7.84. The van der Waals surface area contributed by atoms with E-state index in [-0.39, 0.29) is 17.9 Å². The molecule has 0 N–H and O–H groups in total. The van der Waals surface area contributed by atoms with Crippen molar-refractivity contribution in [2.75, 3.05) is 19.7 Å². The zero-order valence-electron chi connectivity index (χ0n) is 17.0. The van der Waals surface area contributed by atoms with Gasteiger partial charge in [0.1, 0.15) is 5.75 Å². The number of aryl methyl sites for hydroxylation is 1. The first kappa shape index (κ1) is 19.4. The van der Waals surface area contributed by atoms with Gasteiger partial charge in [0.2, 0.25) is 11.8 Å². The van der Waals surface area contributed by atoms with Crippen LogP contribution in [-0.2, 0) is 22.7 Å². The average molecular weight is 397 g/mol. The van der Waals surface area contributed by atoms with Crippen LogP contribution in [0.25, 0.3) is 0 Å². The molecule has 1 saturated heterocycles. The molecule has 154 valence electrons. The van der Waals surface area contributed by atoms with Crippen LogP contribution in [0.1, 0.15) is 49.4 Å². The van der Waals surface area contributed by atoms with E-state index in [9.17, 15) is 9.59 Å². The van der Waals surface area contributed by atoms with E-state index in [1.165, 1.54) is 0 Å². The first-order chi connectivity index (χ1) is 14.0. The maximum atomic E-state index is 12.6. The van der Waals surface area contributed by atoms with Crippen LogP contribution in [0.3, 0.4) is 0 Å². The third-order valence-electron chi connectivity index (χ3n) is 5.76. The summed E-state index contributed by atoms with van der Waals surface area (Å²) in [6, 6.07) is 7.80. The molecule has 1 unspecified atom stereocenters. The van der Waals surface area contributed by atoms with E-state index in [0.717, 1.165) is 42.3 Å². The summed E-state index contributed by atoms with van der Waals surface area (Å²) in [4.78, 5) is 28.2. The van der Waals surface area contributed by atoms with E-state index in [1.807, 2.05) is 41.0 Å². The molecule has 2 aromatic rings. The van der Waals surface area contributed by atoms with Crippen molar-refractivity contribution < 1.29 is 14.3 Å². The van der Waals surface area contributed by atoms with Gasteiger partial charge in [-0.25, -0.2) is 0 Å². The molecule has 0 bridgehead atoms. The summed E-state index contributed by atoms with van der Waals surface area (Å²) in [6.45, 7) is 6.44. The minimum Gasteiger partial charge on any atom is -0.493 e. The second-order valence-electron chi connectivity index (χ2n) is 7.68. The van der Waals surface area contributed by atoms with Crippen molar-refractivity contribution in [3.8, 4) is 5.75 Å². The van der Waals surface area contributed by atoms with Crippen molar-refractivity contribution in [2.45, 2.75) is 52.2 Å². The van der Waals surface area contributed by atoms with Gasteiger partial charge in [-0.2, -0.15) is 0 Å². The van der Waals surface area contributed by atoms with Gasteiger partial charge in [-0.15, -0.1) is 10.2 Å². The number of aromatic nitrogens is 3. The van der Waals surface area contributed by atoms with Crippen LogP contribution in [-0.4, -0.2) is 56.1 Å². The number of nitrogens with zero attached hydrogens (tertiary/aromatic N) is 5. The number of rotatable bonds is 5. The summed E-state index contributed by atoms with van der Waals surface area (Å²) in [7, 11) is 0. The largest absolute Gasteiger partial charge is 0.493 e. The number of carbonyl (C=O) groups is 2. The summed E-state index contributed by atoms with van der Waals surface area (Å²) in [5.41, 5.74) is 1.06. The third kappa shape index (κ3) is 3.97. The first-order valence-electron chi connectivity index (χ1n) is 10.2. The van der Waals surface area contributed by atoms with Crippen LogP contribution >= 0.6 is 0 Å². The second-order valence-corrected chi connectivity index (χ2v) is 7.68. The Morgan fingerprint density at radius 2 is 2.00 bits per heavy atom. The predicted molar refractivity (Wildman–Crippen MR) is 106 cm³/mol. The number of hydrogen-bond donors (Lipinski definition) is 0. The molecule has 8 heteroatoms.